The van der Waals surface area contributed by atoms with Crippen LogP contribution in [-0.2, 0) is 16.0 Å². The van der Waals surface area contributed by atoms with Gasteiger partial charge in [0.05, 0.1) is 30.3 Å². The van der Waals surface area contributed by atoms with E-state index in [2.05, 4.69) is 25.6 Å². The molecule has 2 aromatic heterocycles. The number of aromatic amines is 1. The number of urea groups is 1. The summed E-state index contributed by atoms with van der Waals surface area (Å²) in [6.07, 6.45) is -2.02. The summed E-state index contributed by atoms with van der Waals surface area (Å²) in [6, 6.07) is 3.05. The molecule has 2 amide bonds. The number of H-pyrrole nitrogens is 1. The SMILES string of the molecule is NC(=O)NCCOc1cc(F)c(CNc2nc3nc(O[C@@H]4COC5C4OC[C@H]5O)[nH]c3cc2Cl)c(F)c1. The predicted molar refractivity (Wildman–Crippen MR) is 126 cm³/mol. The minimum absolute atomic E-state index is 0.0156. The summed E-state index contributed by atoms with van der Waals surface area (Å²) in [7, 11) is 0. The van der Waals surface area contributed by atoms with Crippen LogP contribution in [-0.4, -0.2) is 76.9 Å². The summed E-state index contributed by atoms with van der Waals surface area (Å²) < 4.78 is 51.3. The first-order valence-electron chi connectivity index (χ1n) is 11.3. The van der Waals surface area contributed by atoms with Gasteiger partial charge in [0.2, 0.25) is 0 Å². The Bertz CT molecular complexity index is 1290. The van der Waals surface area contributed by atoms with Gasteiger partial charge >= 0.3 is 6.03 Å². The molecule has 198 valence electrons. The van der Waals surface area contributed by atoms with Gasteiger partial charge in [-0.05, 0) is 6.07 Å². The molecule has 0 bridgehead atoms. The fraction of sp³-hybridized carbons (Fsp3) is 0.409. The van der Waals surface area contributed by atoms with Crippen molar-refractivity contribution in [1.29, 1.82) is 0 Å². The van der Waals surface area contributed by atoms with Gasteiger partial charge in [0.15, 0.2) is 11.8 Å². The number of nitrogens with zero attached hydrogens (tertiary/aromatic N) is 2. The number of aliphatic hydroxyl groups is 1. The van der Waals surface area contributed by atoms with Crippen molar-refractivity contribution in [2.75, 3.05) is 31.7 Å². The third kappa shape index (κ3) is 5.46. The maximum Gasteiger partial charge on any atom is 0.312 e. The molecule has 4 heterocycles. The van der Waals surface area contributed by atoms with Gasteiger partial charge < -0.3 is 45.4 Å². The number of carbonyl (C=O) groups excluding carboxylic acids is 1. The van der Waals surface area contributed by atoms with Crippen LogP contribution in [0.4, 0.5) is 19.4 Å². The lowest BCUT2D eigenvalue weighted by molar-refractivity contribution is 0.00706. The number of aromatic nitrogens is 3. The molecule has 0 aliphatic carbocycles. The Morgan fingerprint density at radius 3 is 2.73 bits per heavy atom. The van der Waals surface area contributed by atoms with E-state index < -0.39 is 42.1 Å². The molecule has 4 atom stereocenters. The molecule has 2 fully saturated rings. The van der Waals surface area contributed by atoms with Crippen molar-refractivity contribution in [3.05, 3.63) is 40.4 Å². The number of amides is 2. The lowest BCUT2D eigenvalue weighted by atomic mass is 10.1. The third-order valence-corrected chi connectivity index (χ3v) is 6.16. The third-order valence-electron chi connectivity index (χ3n) is 5.87. The van der Waals surface area contributed by atoms with Crippen LogP contribution in [0.15, 0.2) is 18.2 Å². The number of aliphatic hydroxyl groups excluding tert-OH is 1. The molecular formula is C22H23ClF2N6O6. The van der Waals surface area contributed by atoms with Crippen LogP contribution in [0, 0.1) is 11.6 Å². The van der Waals surface area contributed by atoms with Gasteiger partial charge in [-0.2, -0.15) is 4.98 Å². The average molecular weight is 541 g/mol. The number of halogens is 3. The smallest absolute Gasteiger partial charge is 0.312 e. The van der Waals surface area contributed by atoms with Gasteiger partial charge in [0, 0.05) is 24.2 Å². The van der Waals surface area contributed by atoms with Crippen molar-refractivity contribution in [2.24, 2.45) is 5.73 Å². The summed E-state index contributed by atoms with van der Waals surface area (Å²) in [4.78, 5) is 22.2. The van der Waals surface area contributed by atoms with E-state index in [1.165, 1.54) is 0 Å². The lowest BCUT2D eigenvalue weighted by Gasteiger charge is -2.15. The fourth-order valence-electron chi connectivity index (χ4n) is 4.11. The molecule has 0 saturated carbocycles. The van der Waals surface area contributed by atoms with Gasteiger partial charge in [-0.3, -0.25) is 0 Å². The van der Waals surface area contributed by atoms with Crippen molar-refractivity contribution in [2.45, 2.75) is 31.0 Å². The summed E-state index contributed by atoms with van der Waals surface area (Å²) in [6.45, 7) is 0.219. The van der Waals surface area contributed by atoms with E-state index in [-0.39, 0.29) is 66.7 Å². The number of nitrogens with two attached hydrogens (primary N) is 1. The number of benzene rings is 1. The van der Waals surface area contributed by atoms with Gasteiger partial charge in [0.1, 0.15) is 48.1 Å². The van der Waals surface area contributed by atoms with Gasteiger partial charge in [-0.25, -0.2) is 18.6 Å². The van der Waals surface area contributed by atoms with Crippen molar-refractivity contribution >= 4 is 34.6 Å². The normalized spacial score (nSPS) is 22.7. The second-order valence-electron chi connectivity index (χ2n) is 8.41. The molecule has 5 rings (SSSR count). The number of hydrogen-bond acceptors (Lipinski definition) is 9. The number of pyridine rings is 1. The Kier molecular flexibility index (Phi) is 7.15. The van der Waals surface area contributed by atoms with Gasteiger partial charge in [-0.1, -0.05) is 11.6 Å². The van der Waals surface area contributed by atoms with E-state index in [4.69, 9.17) is 36.3 Å². The van der Waals surface area contributed by atoms with E-state index in [1.54, 1.807) is 6.07 Å². The van der Waals surface area contributed by atoms with E-state index in [9.17, 15) is 18.7 Å². The van der Waals surface area contributed by atoms with Crippen LogP contribution in [0.2, 0.25) is 5.02 Å². The summed E-state index contributed by atoms with van der Waals surface area (Å²) in [5, 5.41) is 15.2. The zero-order chi connectivity index (χ0) is 26.1. The standard InChI is InChI=1S/C22H23ClF2N6O6/c23-11-5-14-20(31-22(29-14)37-16-8-36-17-15(32)7-35-18(16)17)30-19(11)28-6-10-12(24)3-9(4-13(10)25)34-2-1-27-21(26)33/h3-5,15-18,32H,1-2,6-8H2,(H3,26,27,33)(H2,28,29,30,31)/t15-,16-,17?,18?/m1/s1. The molecule has 0 spiro atoms. The van der Waals surface area contributed by atoms with Crippen LogP contribution in [0.1, 0.15) is 5.56 Å². The Balaban J connectivity index is 1.23. The number of rotatable bonds is 9. The number of hydrogen-bond donors (Lipinski definition) is 5. The minimum atomic E-state index is -0.839. The maximum absolute atomic E-state index is 14.5. The lowest BCUT2D eigenvalue weighted by Crippen LogP contribution is -2.34. The molecule has 2 aliphatic rings. The van der Waals surface area contributed by atoms with Crippen LogP contribution in [0.3, 0.4) is 0 Å². The Morgan fingerprint density at radius 1 is 1.22 bits per heavy atom. The van der Waals surface area contributed by atoms with Crippen LogP contribution >= 0.6 is 11.6 Å². The van der Waals surface area contributed by atoms with Gasteiger partial charge in [0.25, 0.3) is 6.01 Å². The molecule has 2 unspecified atom stereocenters. The van der Waals surface area contributed by atoms with Crippen molar-refractivity contribution < 1.29 is 37.6 Å². The zero-order valence-corrected chi connectivity index (χ0v) is 19.9. The number of primary amides is 1. The highest BCUT2D eigenvalue weighted by molar-refractivity contribution is 6.33. The molecule has 0 radical (unpaired) electrons. The Labute approximate surface area is 213 Å². The molecule has 1 aromatic carbocycles. The summed E-state index contributed by atoms with van der Waals surface area (Å²) >= 11 is 6.31. The first-order chi connectivity index (χ1) is 17.8. The largest absolute Gasteiger partial charge is 0.492 e. The molecule has 6 N–H and O–H groups in total. The molecule has 37 heavy (non-hydrogen) atoms. The van der Waals surface area contributed by atoms with Gasteiger partial charge in [-0.15, -0.1) is 0 Å². The van der Waals surface area contributed by atoms with E-state index in [0.717, 1.165) is 12.1 Å². The van der Waals surface area contributed by atoms with Crippen molar-refractivity contribution in [1.82, 2.24) is 20.3 Å². The van der Waals surface area contributed by atoms with E-state index in [0.29, 0.717) is 5.52 Å². The Morgan fingerprint density at radius 2 is 1.97 bits per heavy atom. The Hall–Kier alpha value is -3.46. The van der Waals surface area contributed by atoms with Crippen molar-refractivity contribution in [3.8, 4) is 11.8 Å². The van der Waals surface area contributed by atoms with Crippen LogP contribution < -0.4 is 25.8 Å². The van der Waals surface area contributed by atoms with Crippen molar-refractivity contribution in [3.63, 3.8) is 0 Å². The molecular weight excluding hydrogens is 518 g/mol. The second kappa shape index (κ2) is 10.5. The second-order valence-corrected chi connectivity index (χ2v) is 8.82. The van der Waals surface area contributed by atoms with E-state index in [1.807, 2.05) is 0 Å². The topological polar surface area (TPSA) is 166 Å². The molecule has 12 nitrogen and oxygen atoms in total. The first-order valence-corrected chi connectivity index (χ1v) is 11.7. The molecule has 2 saturated heterocycles. The van der Waals surface area contributed by atoms with E-state index >= 15 is 0 Å². The number of carbonyl (C=O) groups is 1. The fourth-order valence-corrected chi connectivity index (χ4v) is 4.33. The predicted octanol–water partition coefficient (Wildman–Crippen LogP) is 1.45. The highest BCUT2D eigenvalue weighted by atomic mass is 35.5. The highest BCUT2D eigenvalue weighted by Crippen LogP contribution is 2.31. The highest BCUT2D eigenvalue weighted by Gasteiger charge is 2.48. The van der Waals surface area contributed by atoms with Crippen LogP contribution in [0.25, 0.3) is 11.2 Å². The van der Waals surface area contributed by atoms with Crippen LogP contribution in [0.5, 0.6) is 11.8 Å². The summed E-state index contributed by atoms with van der Waals surface area (Å²) in [5.41, 5.74) is 5.44. The summed E-state index contributed by atoms with van der Waals surface area (Å²) in [5.74, 6) is -1.55. The molecule has 2 aliphatic heterocycles. The minimum Gasteiger partial charge on any atom is -0.492 e. The first kappa shape index (κ1) is 25.2. The number of ether oxygens (including phenoxy) is 4. The number of anilines is 1. The maximum atomic E-state index is 14.5. The average Bonchev–Trinajstić information content (AvgIpc) is 3.53. The number of imidazole rings is 1. The molecule has 3 aromatic rings. The quantitative estimate of drug-likeness (QED) is 0.252. The monoisotopic (exact) mass is 540 g/mol. The number of nitrogens with one attached hydrogen (secondary N) is 3. The molecule has 15 heteroatoms. The number of fused-ring (bicyclic) bond motifs is 2. The zero-order valence-electron chi connectivity index (χ0n) is 19.2.